The van der Waals surface area contributed by atoms with Gasteiger partial charge in [-0.15, -0.1) is 0 Å². The maximum absolute atomic E-state index is 13.1. The number of nitrogens with one attached hydrogen (secondary N) is 3. The molecule has 1 aliphatic rings. The lowest BCUT2D eigenvalue weighted by Gasteiger charge is -2.30. The lowest BCUT2D eigenvalue weighted by atomic mass is 10.1. The van der Waals surface area contributed by atoms with E-state index in [2.05, 4.69) is 27.8 Å². The fraction of sp³-hybridized carbons (Fsp3) is 0.417. The van der Waals surface area contributed by atoms with Crippen molar-refractivity contribution in [2.75, 3.05) is 29.9 Å². The van der Waals surface area contributed by atoms with Crippen molar-refractivity contribution in [3.8, 4) is 0 Å². The second-order valence-electron chi connectivity index (χ2n) is 7.68. The van der Waals surface area contributed by atoms with Crippen molar-refractivity contribution < 1.29 is 9.59 Å². The molecule has 30 heavy (non-hydrogen) atoms. The van der Waals surface area contributed by atoms with E-state index in [1.807, 2.05) is 42.5 Å². The van der Waals surface area contributed by atoms with E-state index in [1.165, 1.54) is 6.42 Å². The first kappa shape index (κ1) is 21.7. The third-order valence-corrected chi connectivity index (χ3v) is 5.31. The molecule has 1 fully saturated rings. The normalized spacial score (nSPS) is 13.6. The van der Waals surface area contributed by atoms with Crippen molar-refractivity contribution in [3.05, 3.63) is 59.7 Å². The van der Waals surface area contributed by atoms with Gasteiger partial charge in [0.1, 0.15) is 0 Å². The number of hydrogen-bond acceptors (Lipinski definition) is 3. The van der Waals surface area contributed by atoms with Gasteiger partial charge in [-0.25, -0.2) is 4.79 Å². The van der Waals surface area contributed by atoms with E-state index in [4.69, 9.17) is 0 Å². The predicted octanol–water partition coefficient (Wildman–Crippen LogP) is 4.53. The highest BCUT2D eigenvalue weighted by molar-refractivity contribution is 6.02. The number of carbonyl (C=O) groups is 2. The quantitative estimate of drug-likeness (QED) is 0.562. The zero-order chi connectivity index (χ0) is 21.2. The van der Waals surface area contributed by atoms with E-state index in [0.717, 1.165) is 50.0 Å². The summed E-state index contributed by atoms with van der Waals surface area (Å²) in [6, 6.07) is 15.2. The number of benzene rings is 2. The van der Waals surface area contributed by atoms with E-state index in [9.17, 15) is 9.59 Å². The van der Waals surface area contributed by atoms with E-state index in [-0.39, 0.29) is 11.9 Å². The van der Waals surface area contributed by atoms with Crippen LogP contribution in [-0.2, 0) is 6.54 Å². The highest BCUT2D eigenvalue weighted by Gasteiger charge is 2.19. The van der Waals surface area contributed by atoms with Gasteiger partial charge in [0.2, 0.25) is 0 Å². The van der Waals surface area contributed by atoms with E-state index >= 15 is 0 Å². The highest BCUT2D eigenvalue weighted by atomic mass is 16.2. The molecule has 3 amide bonds. The Morgan fingerprint density at radius 3 is 2.47 bits per heavy atom. The zero-order valence-electron chi connectivity index (χ0n) is 17.7. The molecule has 0 bridgehead atoms. The Labute approximate surface area is 179 Å². The van der Waals surface area contributed by atoms with Gasteiger partial charge in [0.05, 0.1) is 5.56 Å². The van der Waals surface area contributed by atoms with Gasteiger partial charge < -0.3 is 20.9 Å². The SMILES string of the molecule is CCCCNC(=O)Nc1ccc(N2CCCCC2)c(C(=O)NCc2ccccc2)c1. The Morgan fingerprint density at radius 2 is 1.73 bits per heavy atom. The van der Waals surface area contributed by atoms with Crippen LogP contribution in [0.3, 0.4) is 0 Å². The fourth-order valence-corrected chi connectivity index (χ4v) is 3.63. The van der Waals surface area contributed by atoms with Crippen LogP contribution in [0.4, 0.5) is 16.2 Å². The first-order valence-corrected chi connectivity index (χ1v) is 10.9. The smallest absolute Gasteiger partial charge is 0.319 e. The van der Waals surface area contributed by atoms with Gasteiger partial charge in [-0.2, -0.15) is 0 Å². The molecular weight excluding hydrogens is 376 g/mol. The predicted molar refractivity (Wildman–Crippen MR) is 122 cm³/mol. The van der Waals surface area contributed by atoms with E-state index in [0.29, 0.717) is 24.3 Å². The molecule has 6 heteroatoms. The Morgan fingerprint density at radius 1 is 0.967 bits per heavy atom. The average molecular weight is 409 g/mol. The van der Waals surface area contributed by atoms with Gasteiger partial charge in [-0.3, -0.25) is 4.79 Å². The van der Waals surface area contributed by atoms with Crippen LogP contribution < -0.4 is 20.9 Å². The summed E-state index contributed by atoms with van der Waals surface area (Å²) in [7, 11) is 0. The van der Waals surface area contributed by atoms with Gasteiger partial charge in [0, 0.05) is 37.6 Å². The van der Waals surface area contributed by atoms with E-state index in [1.54, 1.807) is 6.07 Å². The number of urea groups is 1. The van der Waals surface area contributed by atoms with Crippen molar-refractivity contribution in [2.24, 2.45) is 0 Å². The standard InChI is InChI=1S/C24H32N4O2/c1-2-3-14-25-24(30)27-20-12-13-22(28-15-8-5-9-16-28)21(17-20)23(29)26-18-19-10-6-4-7-11-19/h4,6-7,10-13,17H,2-3,5,8-9,14-16,18H2,1H3,(H,26,29)(H2,25,27,30). The number of nitrogens with zero attached hydrogens (tertiary/aromatic N) is 1. The maximum atomic E-state index is 13.1. The second kappa shape index (κ2) is 11.2. The Kier molecular flexibility index (Phi) is 8.12. The number of anilines is 2. The van der Waals surface area contributed by atoms with Gasteiger partial charge in [0.25, 0.3) is 5.91 Å². The minimum absolute atomic E-state index is 0.130. The molecule has 2 aromatic rings. The van der Waals surface area contributed by atoms with Crippen molar-refractivity contribution in [2.45, 2.75) is 45.6 Å². The molecule has 160 valence electrons. The number of rotatable bonds is 8. The number of carbonyl (C=O) groups excluding carboxylic acids is 2. The van der Waals surface area contributed by atoms with Crippen LogP contribution >= 0.6 is 0 Å². The van der Waals surface area contributed by atoms with Crippen LogP contribution in [0.15, 0.2) is 48.5 Å². The second-order valence-corrected chi connectivity index (χ2v) is 7.68. The summed E-state index contributed by atoms with van der Waals surface area (Å²) in [6.45, 7) is 5.08. The average Bonchev–Trinajstić information content (AvgIpc) is 2.79. The van der Waals surface area contributed by atoms with Crippen molar-refractivity contribution in [1.82, 2.24) is 10.6 Å². The molecule has 0 unspecified atom stereocenters. The number of hydrogen-bond donors (Lipinski definition) is 3. The Bertz CT molecular complexity index is 832. The molecule has 0 saturated carbocycles. The van der Waals surface area contributed by atoms with E-state index < -0.39 is 0 Å². The number of amides is 3. The molecule has 0 radical (unpaired) electrons. The molecule has 3 N–H and O–H groups in total. The summed E-state index contributed by atoms with van der Waals surface area (Å²) in [4.78, 5) is 27.5. The van der Waals surface area contributed by atoms with Crippen molar-refractivity contribution in [1.29, 1.82) is 0 Å². The van der Waals surface area contributed by atoms with Crippen LogP contribution in [0.2, 0.25) is 0 Å². The molecule has 1 heterocycles. The van der Waals surface area contributed by atoms with Gasteiger partial charge in [-0.05, 0) is 49.4 Å². The summed E-state index contributed by atoms with van der Waals surface area (Å²) >= 11 is 0. The van der Waals surface area contributed by atoms with Gasteiger partial charge in [-0.1, -0.05) is 43.7 Å². The Balaban J connectivity index is 1.75. The van der Waals surface area contributed by atoms with Crippen molar-refractivity contribution >= 4 is 23.3 Å². The van der Waals surface area contributed by atoms with Crippen LogP contribution in [0, 0.1) is 0 Å². The lowest BCUT2D eigenvalue weighted by Crippen LogP contribution is -2.33. The highest BCUT2D eigenvalue weighted by Crippen LogP contribution is 2.27. The summed E-state index contributed by atoms with van der Waals surface area (Å²) < 4.78 is 0. The summed E-state index contributed by atoms with van der Waals surface area (Å²) in [6.07, 6.45) is 5.45. The molecule has 0 atom stereocenters. The minimum atomic E-state index is -0.246. The molecular formula is C24H32N4O2. The molecule has 0 aliphatic carbocycles. The minimum Gasteiger partial charge on any atom is -0.371 e. The molecule has 1 saturated heterocycles. The first-order chi connectivity index (χ1) is 14.7. The van der Waals surface area contributed by atoms with Crippen LogP contribution in [0.5, 0.6) is 0 Å². The molecule has 0 aromatic heterocycles. The van der Waals surface area contributed by atoms with Crippen LogP contribution in [0.1, 0.15) is 54.9 Å². The molecule has 2 aromatic carbocycles. The fourth-order valence-electron chi connectivity index (χ4n) is 3.63. The summed E-state index contributed by atoms with van der Waals surface area (Å²) in [5.74, 6) is -0.130. The number of unbranched alkanes of at least 4 members (excludes halogenated alkanes) is 1. The zero-order valence-corrected chi connectivity index (χ0v) is 17.7. The molecule has 0 spiro atoms. The molecule has 6 nitrogen and oxygen atoms in total. The molecule has 3 rings (SSSR count). The molecule has 1 aliphatic heterocycles. The maximum Gasteiger partial charge on any atom is 0.319 e. The largest absolute Gasteiger partial charge is 0.371 e. The Hall–Kier alpha value is -3.02. The van der Waals surface area contributed by atoms with Gasteiger partial charge in [0.15, 0.2) is 0 Å². The number of piperidine rings is 1. The third kappa shape index (κ3) is 6.24. The van der Waals surface area contributed by atoms with Gasteiger partial charge >= 0.3 is 6.03 Å². The monoisotopic (exact) mass is 408 g/mol. The summed E-state index contributed by atoms with van der Waals surface area (Å²) in [5, 5.41) is 8.72. The topological polar surface area (TPSA) is 73.5 Å². The lowest BCUT2D eigenvalue weighted by molar-refractivity contribution is 0.0951. The van der Waals surface area contributed by atoms with Crippen LogP contribution in [-0.4, -0.2) is 31.6 Å². The van der Waals surface area contributed by atoms with Crippen molar-refractivity contribution in [3.63, 3.8) is 0 Å². The van der Waals surface area contributed by atoms with Crippen LogP contribution in [0.25, 0.3) is 0 Å². The first-order valence-electron chi connectivity index (χ1n) is 10.9. The third-order valence-electron chi connectivity index (χ3n) is 5.31. The summed E-state index contributed by atoms with van der Waals surface area (Å²) in [5.41, 5.74) is 3.20.